The number of nitrogens with zero attached hydrogens (tertiary/aromatic N) is 15. The van der Waals surface area contributed by atoms with Gasteiger partial charge in [0.15, 0.2) is 44.7 Å². The molecular formula is C90H120N20O5S2. The number of anilines is 4. The number of rotatable bonds is 27. The first-order valence-corrected chi connectivity index (χ1v) is 43.8. The molecule has 117 heavy (non-hydrogen) atoms. The smallest absolute Gasteiger partial charge is 0.297 e. The fourth-order valence-electron chi connectivity index (χ4n) is 16.5. The van der Waals surface area contributed by atoms with Crippen LogP contribution in [0.3, 0.4) is 0 Å². The van der Waals surface area contributed by atoms with Crippen molar-refractivity contribution in [3.8, 4) is 0 Å². The van der Waals surface area contributed by atoms with Crippen molar-refractivity contribution in [3.05, 3.63) is 172 Å². The summed E-state index contributed by atoms with van der Waals surface area (Å²) in [7, 11) is 0. The first-order chi connectivity index (χ1) is 56.3. The fraction of sp³-hybridized carbons (Fsp3) is 0.500. The molecule has 4 saturated heterocycles. The Morgan fingerprint density at radius 1 is 0.410 bits per heavy atom. The second kappa shape index (κ2) is 39.2. The van der Waals surface area contributed by atoms with Gasteiger partial charge in [-0.25, -0.2) is 4.98 Å². The van der Waals surface area contributed by atoms with Gasteiger partial charge >= 0.3 is 0 Å². The van der Waals surface area contributed by atoms with Crippen molar-refractivity contribution in [2.45, 2.75) is 165 Å². The predicted molar refractivity (Wildman–Crippen MR) is 473 cm³/mol. The SMILES string of the molecule is CC(CC(=O)c1cnc(N2CCN(C(C)C)CC2)o1)Cc1c[nH]c2ccccc12.CC(CC(=O)c1nc(N2CCN(C(C)C)CC2)n[nH]1)Cc1c[nH]c2ccccc12.CC(CC(=O)c1nnc(N2CCN(C(C)(C)C)CC2)s1)Cc1c[nH]c2ccccc12.CC(CC(=O)c1nnc(N2CCN(C(C)C)CC2)s1)Cc1c[nH]c2ccccc12. The zero-order chi connectivity index (χ0) is 82.4. The second-order valence-electron chi connectivity index (χ2n) is 34.5. The van der Waals surface area contributed by atoms with Gasteiger partial charge in [0.05, 0.1) is 6.20 Å². The van der Waals surface area contributed by atoms with Crippen LogP contribution in [-0.4, -0.2) is 232 Å². The van der Waals surface area contributed by atoms with E-state index in [9.17, 15) is 19.2 Å². The van der Waals surface area contributed by atoms with Gasteiger partial charge in [0.1, 0.15) is 0 Å². The van der Waals surface area contributed by atoms with Crippen LogP contribution in [0.25, 0.3) is 43.6 Å². The quantitative estimate of drug-likeness (QED) is 0.0299. The molecule has 0 saturated carbocycles. The molecule has 0 spiro atoms. The van der Waals surface area contributed by atoms with Gasteiger partial charge in [-0.3, -0.25) is 43.9 Å². The van der Waals surface area contributed by atoms with Crippen LogP contribution in [0.15, 0.2) is 132 Å². The van der Waals surface area contributed by atoms with Crippen molar-refractivity contribution < 1.29 is 23.6 Å². The average molecular weight is 1630 g/mol. The van der Waals surface area contributed by atoms with Crippen molar-refractivity contribution in [3.63, 3.8) is 0 Å². The third kappa shape index (κ3) is 22.2. The Hall–Kier alpha value is -9.77. The van der Waals surface area contributed by atoms with Crippen LogP contribution in [0, 0.1) is 23.7 Å². The lowest BCUT2D eigenvalue weighted by atomic mass is 9.95. The van der Waals surface area contributed by atoms with Crippen LogP contribution in [-0.2, 0) is 25.7 Å². The maximum Gasteiger partial charge on any atom is 0.297 e. The third-order valence-electron chi connectivity index (χ3n) is 23.4. The predicted octanol–water partition coefficient (Wildman–Crippen LogP) is 15.8. The molecular weight excluding hydrogens is 1510 g/mol. The highest BCUT2D eigenvalue weighted by molar-refractivity contribution is 7.17. The minimum absolute atomic E-state index is 0.0249. The summed E-state index contributed by atoms with van der Waals surface area (Å²) in [6.45, 7) is 43.9. The van der Waals surface area contributed by atoms with E-state index < -0.39 is 0 Å². The van der Waals surface area contributed by atoms with Gasteiger partial charge in [0.2, 0.25) is 16.2 Å². The van der Waals surface area contributed by atoms with Crippen molar-refractivity contribution in [1.82, 2.24) is 80.1 Å². The largest absolute Gasteiger partial charge is 0.420 e. The lowest BCUT2D eigenvalue weighted by Gasteiger charge is -2.42. The topological polar surface area (TPSA) is 277 Å². The Bertz CT molecular complexity index is 4820. The average Bonchev–Trinajstić information content (AvgIpc) is 1.75. The van der Waals surface area contributed by atoms with Gasteiger partial charge < -0.3 is 44.0 Å². The molecule has 25 nitrogen and oxygen atoms in total. The van der Waals surface area contributed by atoms with Crippen LogP contribution in [0.4, 0.5) is 22.2 Å². The van der Waals surface area contributed by atoms with Gasteiger partial charge in [-0.15, -0.1) is 25.5 Å². The summed E-state index contributed by atoms with van der Waals surface area (Å²) in [6.07, 6.45) is 15.2. The molecule has 16 rings (SSSR count). The third-order valence-corrected chi connectivity index (χ3v) is 25.4. The van der Waals surface area contributed by atoms with E-state index in [0.717, 1.165) is 163 Å². The Kier molecular flexibility index (Phi) is 28.5. The number of ketones is 4. The number of piperazine rings is 4. The molecule has 0 bridgehead atoms. The number of aromatic nitrogens is 12. The Morgan fingerprint density at radius 3 is 1.11 bits per heavy atom. The molecule has 4 unspecified atom stereocenters. The maximum absolute atomic E-state index is 12.8. The molecule has 12 aromatic rings. The number of carbonyl (C=O) groups excluding carboxylic acids is 4. The van der Waals surface area contributed by atoms with Crippen molar-refractivity contribution >= 4 is 112 Å². The molecule has 4 aromatic carbocycles. The summed E-state index contributed by atoms with van der Waals surface area (Å²) in [5.41, 5.74) is 9.79. The molecule has 0 amide bonds. The van der Waals surface area contributed by atoms with E-state index in [-0.39, 0.29) is 52.3 Å². The van der Waals surface area contributed by atoms with E-state index in [2.05, 4.69) is 275 Å². The maximum atomic E-state index is 12.8. The zero-order valence-corrected chi connectivity index (χ0v) is 72.3. The van der Waals surface area contributed by atoms with Crippen molar-refractivity contribution in [2.75, 3.05) is 124 Å². The molecule has 4 aliphatic heterocycles. The normalized spacial score (nSPS) is 16.7. The molecule has 0 aliphatic carbocycles. The Balaban J connectivity index is 0.000000135. The van der Waals surface area contributed by atoms with Gasteiger partial charge in [0, 0.05) is 222 Å². The number of Topliss-reactive ketones (excluding diaryl/α,β-unsaturated/α-hetero) is 4. The number of para-hydroxylation sites is 4. The van der Waals surface area contributed by atoms with Gasteiger partial charge in [-0.05, 0) is 158 Å². The highest BCUT2D eigenvalue weighted by atomic mass is 32.1. The molecule has 4 fully saturated rings. The van der Waals surface area contributed by atoms with Gasteiger partial charge in [0.25, 0.3) is 6.01 Å². The summed E-state index contributed by atoms with van der Waals surface area (Å²) in [5.74, 6) is 2.59. The summed E-state index contributed by atoms with van der Waals surface area (Å²) < 4.78 is 5.83. The standard InChI is InChI=1S/C23H31N5OS.C23H30N4O2.C22H30N6O.C22H29N5OS/c1-16(13-17-15-24-19-8-6-5-7-18(17)19)14-20(29)21-25-26-22(30-21)27-9-11-28(12-10-27)23(2,3)4;1-16(2)26-8-10-27(11-9-26)23-25-15-22(29-23)21(28)13-17(3)12-18-14-24-20-7-5-4-6-19(18)20;1-15(2)27-8-10-28(11-9-27)22-24-21(25-26-22)20(29)13-16(3)12-17-14-23-19-7-5-4-6-18(17)19;1-15(2)26-8-10-27(11-9-26)22-25-24-21(29-22)20(28)13-16(3)12-17-14-23-19-7-5-4-6-18(17)19/h5-8,15-16,24H,9-14H2,1-4H3;4-7,14-17,24H,8-13H2,1-3H3;4-7,14-16,23H,8-13H2,1-3H3,(H,24,25,26);4-7,14-16,23H,8-13H2,1-3H3. The number of hydrogen-bond acceptors (Lipinski definition) is 22. The highest BCUT2D eigenvalue weighted by Gasteiger charge is 2.31. The van der Waals surface area contributed by atoms with Crippen LogP contribution >= 0.6 is 22.7 Å². The molecule has 5 N–H and O–H groups in total. The minimum Gasteiger partial charge on any atom is -0.420 e. The van der Waals surface area contributed by atoms with E-state index in [0.29, 0.717) is 77.4 Å². The van der Waals surface area contributed by atoms with Crippen molar-refractivity contribution in [1.29, 1.82) is 0 Å². The van der Waals surface area contributed by atoms with E-state index in [4.69, 9.17) is 4.42 Å². The van der Waals surface area contributed by atoms with Crippen LogP contribution < -0.4 is 19.6 Å². The highest BCUT2D eigenvalue weighted by Crippen LogP contribution is 2.32. The second-order valence-corrected chi connectivity index (χ2v) is 36.4. The molecule has 27 heteroatoms. The monoisotopic (exact) mass is 1620 g/mol. The molecule has 4 aliphatic rings. The van der Waals surface area contributed by atoms with E-state index >= 15 is 0 Å². The number of carbonyl (C=O) groups is 4. The Morgan fingerprint density at radius 2 is 0.744 bits per heavy atom. The van der Waals surface area contributed by atoms with Crippen molar-refractivity contribution in [2.24, 2.45) is 23.7 Å². The number of benzene rings is 4. The van der Waals surface area contributed by atoms with Gasteiger partial charge in [-0.1, -0.05) is 123 Å². The summed E-state index contributed by atoms with van der Waals surface area (Å²) in [6, 6.07) is 35.4. The van der Waals surface area contributed by atoms with Crippen LogP contribution in [0.5, 0.6) is 0 Å². The molecule has 12 heterocycles. The lowest BCUT2D eigenvalue weighted by molar-refractivity contribution is 0.0933. The minimum atomic E-state index is 0.0249. The van der Waals surface area contributed by atoms with Crippen LogP contribution in [0.2, 0.25) is 0 Å². The van der Waals surface area contributed by atoms with E-state index in [1.807, 2.05) is 36.4 Å². The number of aromatic amines is 5. The Labute approximate surface area is 696 Å². The van der Waals surface area contributed by atoms with Crippen LogP contribution in [0.1, 0.15) is 179 Å². The van der Waals surface area contributed by atoms with Gasteiger partial charge in [-0.2, -0.15) is 4.98 Å². The molecule has 8 aromatic heterocycles. The summed E-state index contributed by atoms with van der Waals surface area (Å²) >= 11 is 2.88. The number of fused-ring (bicyclic) bond motifs is 4. The summed E-state index contributed by atoms with van der Waals surface area (Å²) in [4.78, 5) is 91.7. The molecule has 622 valence electrons. The molecule has 4 atom stereocenters. The lowest BCUT2D eigenvalue weighted by Crippen LogP contribution is -2.53. The van der Waals surface area contributed by atoms with E-state index in [1.54, 1.807) is 6.20 Å². The number of oxazole rings is 1. The number of H-pyrrole nitrogens is 5. The first-order valence-electron chi connectivity index (χ1n) is 42.2. The molecule has 0 radical (unpaired) electrons. The van der Waals surface area contributed by atoms with E-state index in [1.165, 1.54) is 66.5 Å². The first kappa shape index (κ1) is 85.1. The number of nitrogens with one attached hydrogen (secondary N) is 5. The summed E-state index contributed by atoms with van der Waals surface area (Å²) in [5, 5.41) is 32.0. The zero-order valence-electron chi connectivity index (χ0n) is 70.7. The number of hydrogen-bond donors (Lipinski definition) is 5. The fourth-order valence-corrected chi connectivity index (χ4v) is 18.2.